The number of nitrogens with one attached hydrogen (secondary N) is 1. The van der Waals surface area contributed by atoms with Gasteiger partial charge < -0.3 is 14.8 Å². The van der Waals surface area contributed by atoms with E-state index in [1.165, 1.54) is 18.2 Å². The lowest BCUT2D eigenvalue weighted by Crippen LogP contribution is -2.13. The van der Waals surface area contributed by atoms with Gasteiger partial charge in [0.15, 0.2) is 0 Å². The van der Waals surface area contributed by atoms with E-state index >= 15 is 0 Å². The third-order valence-corrected chi connectivity index (χ3v) is 4.57. The summed E-state index contributed by atoms with van der Waals surface area (Å²) < 4.78 is 24.9. The van der Waals surface area contributed by atoms with Gasteiger partial charge in [0.1, 0.15) is 23.9 Å². The number of rotatable bonds is 7. The van der Waals surface area contributed by atoms with Crippen molar-refractivity contribution in [1.29, 1.82) is 0 Å². The fourth-order valence-corrected chi connectivity index (χ4v) is 2.96. The zero-order chi connectivity index (χ0) is 20.8. The topological polar surface area (TPSA) is 47.6 Å². The molecule has 0 aliphatic carbocycles. The number of carbonyl (C=O) groups excluding carboxylic acids is 1. The van der Waals surface area contributed by atoms with Gasteiger partial charge in [-0.2, -0.15) is 0 Å². The molecule has 0 radical (unpaired) electrons. The summed E-state index contributed by atoms with van der Waals surface area (Å²) in [4.78, 5) is 12.6. The minimum atomic E-state index is -0.540. The molecule has 0 aliphatic heterocycles. The highest BCUT2D eigenvalue weighted by Crippen LogP contribution is 2.25. The Morgan fingerprint density at radius 1 is 1.03 bits per heavy atom. The number of carbonyl (C=O) groups is 1. The highest BCUT2D eigenvalue weighted by Gasteiger charge is 2.13. The second-order valence-corrected chi connectivity index (χ2v) is 6.80. The zero-order valence-electron chi connectivity index (χ0n) is 16.2. The average Bonchev–Trinajstić information content (AvgIpc) is 2.71. The molecule has 29 heavy (non-hydrogen) atoms. The highest BCUT2D eigenvalue weighted by atomic mass is 35.5. The third-order valence-electron chi connectivity index (χ3n) is 4.28. The second-order valence-electron chi connectivity index (χ2n) is 6.39. The molecule has 3 aromatic rings. The van der Waals surface area contributed by atoms with Crippen LogP contribution < -0.4 is 14.8 Å². The summed E-state index contributed by atoms with van der Waals surface area (Å²) in [6.45, 7) is 4.61. The number of benzene rings is 3. The first kappa shape index (κ1) is 20.7. The van der Waals surface area contributed by atoms with Crippen molar-refractivity contribution < 1.29 is 18.7 Å². The Morgan fingerprint density at radius 2 is 1.83 bits per heavy atom. The van der Waals surface area contributed by atoms with Crippen LogP contribution in [0.3, 0.4) is 0 Å². The molecule has 0 aromatic heterocycles. The first-order chi connectivity index (χ1) is 14.0. The van der Waals surface area contributed by atoms with E-state index in [1.807, 2.05) is 38.1 Å². The Balaban J connectivity index is 1.80. The molecule has 150 valence electrons. The quantitative estimate of drug-likeness (QED) is 0.515. The summed E-state index contributed by atoms with van der Waals surface area (Å²) in [7, 11) is 0. The molecule has 0 heterocycles. The molecule has 4 nitrogen and oxygen atoms in total. The molecule has 0 aliphatic rings. The number of hydrogen-bond donors (Lipinski definition) is 1. The van der Waals surface area contributed by atoms with Gasteiger partial charge >= 0.3 is 0 Å². The number of anilines is 1. The van der Waals surface area contributed by atoms with E-state index in [4.69, 9.17) is 21.1 Å². The van der Waals surface area contributed by atoms with Gasteiger partial charge in [0, 0.05) is 16.8 Å². The number of aryl methyl sites for hydroxylation is 1. The van der Waals surface area contributed by atoms with Crippen LogP contribution in [0.15, 0.2) is 60.7 Å². The van der Waals surface area contributed by atoms with Gasteiger partial charge in [0.25, 0.3) is 5.91 Å². The molecule has 3 aromatic carbocycles. The Bertz CT molecular complexity index is 1020. The van der Waals surface area contributed by atoms with Crippen LogP contribution in [0.5, 0.6) is 11.5 Å². The predicted octanol–water partition coefficient (Wildman–Crippen LogP) is 6.02. The number of para-hydroxylation sites is 1. The van der Waals surface area contributed by atoms with Crippen LogP contribution in [0.1, 0.15) is 28.4 Å². The summed E-state index contributed by atoms with van der Waals surface area (Å²) in [5.41, 5.74) is 2.61. The van der Waals surface area contributed by atoms with E-state index in [2.05, 4.69) is 5.32 Å². The van der Waals surface area contributed by atoms with Gasteiger partial charge in [-0.3, -0.25) is 4.79 Å². The smallest absolute Gasteiger partial charge is 0.255 e. The van der Waals surface area contributed by atoms with Crippen molar-refractivity contribution in [2.24, 2.45) is 0 Å². The van der Waals surface area contributed by atoms with E-state index < -0.39 is 5.82 Å². The van der Waals surface area contributed by atoms with Crippen LogP contribution in [0.4, 0.5) is 10.1 Å². The summed E-state index contributed by atoms with van der Waals surface area (Å²) in [6, 6.07) is 16.9. The largest absolute Gasteiger partial charge is 0.493 e. The zero-order valence-corrected chi connectivity index (χ0v) is 16.9. The van der Waals surface area contributed by atoms with E-state index in [9.17, 15) is 9.18 Å². The summed E-state index contributed by atoms with van der Waals surface area (Å²) in [6.07, 6.45) is 0. The van der Waals surface area contributed by atoms with Crippen molar-refractivity contribution in [3.8, 4) is 11.5 Å². The van der Waals surface area contributed by atoms with Crippen LogP contribution in [-0.2, 0) is 6.61 Å². The van der Waals surface area contributed by atoms with Crippen LogP contribution in [-0.4, -0.2) is 12.5 Å². The third kappa shape index (κ3) is 5.27. The van der Waals surface area contributed by atoms with Crippen molar-refractivity contribution in [3.05, 3.63) is 88.2 Å². The van der Waals surface area contributed by atoms with Crippen LogP contribution >= 0.6 is 11.6 Å². The van der Waals surface area contributed by atoms with Gasteiger partial charge in [-0.15, -0.1) is 0 Å². The molecule has 0 atom stereocenters. The standard InChI is InChI=1S/C23H21ClFNO3/c1-3-28-22-11-8-16(23(27)26-18-9-10-20(25)19(24)13-18)12-17(22)14-29-21-7-5-4-6-15(21)2/h4-13H,3,14H2,1-2H3,(H,26,27). The summed E-state index contributed by atoms with van der Waals surface area (Å²) in [5.74, 6) is 0.544. The van der Waals surface area contributed by atoms with Gasteiger partial charge in [-0.25, -0.2) is 4.39 Å². The molecular formula is C23H21ClFNO3. The SMILES string of the molecule is CCOc1ccc(C(=O)Nc2ccc(F)c(Cl)c2)cc1COc1ccccc1C. The van der Waals surface area contributed by atoms with Crippen molar-refractivity contribution in [2.75, 3.05) is 11.9 Å². The Hall–Kier alpha value is -3.05. The van der Waals surface area contributed by atoms with E-state index in [0.29, 0.717) is 23.6 Å². The van der Waals surface area contributed by atoms with Crippen LogP contribution in [0.25, 0.3) is 0 Å². The molecule has 0 saturated heterocycles. The number of halogens is 2. The summed E-state index contributed by atoms with van der Waals surface area (Å²) >= 11 is 5.78. The molecule has 0 saturated carbocycles. The molecule has 0 fully saturated rings. The molecule has 1 amide bonds. The Morgan fingerprint density at radius 3 is 2.55 bits per heavy atom. The minimum absolute atomic E-state index is 0.0539. The molecule has 1 N–H and O–H groups in total. The molecule has 0 bridgehead atoms. The molecule has 6 heteroatoms. The maximum absolute atomic E-state index is 13.3. The Labute approximate surface area is 174 Å². The number of amides is 1. The van der Waals surface area contributed by atoms with Crippen molar-refractivity contribution in [2.45, 2.75) is 20.5 Å². The van der Waals surface area contributed by atoms with Crippen molar-refractivity contribution >= 4 is 23.2 Å². The van der Waals surface area contributed by atoms with Crippen molar-refractivity contribution in [3.63, 3.8) is 0 Å². The predicted molar refractivity (Wildman–Crippen MR) is 112 cm³/mol. The lowest BCUT2D eigenvalue weighted by atomic mass is 10.1. The maximum Gasteiger partial charge on any atom is 0.255 e. The maximum atomic E-state index is 13.3. The van der Waals surface area contributed by atoms with Gasteiger partial charge in [-0.1, -0.05) is 29.8 Å². The molecule has 0 unspecified atom stereocenters. The van der Waals surface area contributed by atoms with Crippen molar-refractivity contribution in [1.82, 2.24) is 0 Å². The monoisotopic (exact) mass is 413 g/mol. The first-order valence-electron chi connectivity index (χ1n) is 9.18. The molecular weight excluding hydrogens is 393 g/mol. The lowest BCUT2D eigenvalue weighted by Gasteiger charge is -2.14. The minimum Gasteiger partial charge on any atom is -0.493 e. The van der Waals surface area contributed by atoms with E-state index in [1.54, 1.807) is 18.2 Å². The Kier molecular flexibility index (Phi) is 6.73. The molecule has 0 spiro atoms. The van der Waals surface area contributed by atoms with Gasteiger partial charge in [0.05, 0.1) is 11.6 Å². The van der Waals surface area contributed by atoms with E-state index in [-0.39, 0.29) is 17.5 Å². The first-order valence-corrected chi connectivity index (χ1v) is 9.56. The van der Waals surface area contributed by atoms with Crippen LogP contribution in [0.2, 0.25) is 5.02 Å². The number of ether oxygens (including phenoxy) is 2. The highest BCUT2D eigenvalue weighted by molar-refractivity contribution is 6.31. The normalized spacial score (nSPS) is 10.5. The molecule has 3 rings (SSSR count). The van der Waals surface area contributed by atoms with Crippen LogP contribution in [0, 0.1) is 12.7 Å². The summed E-state index contributed by atoms with van der Waals surface area (Å²) in [5, 5.41) is 2.66. The number of hydrogen-bond acceptors (Lipinski definition) is 3. The second kappa shape index (κ2) is 9.43. The van der Waals surface area contributed by atoms with Gasteiger partial charge in [-0.05, 0) is 61.9 Å². The lowest BCUT2D eigenvalue weighted by molar-refractivity contribution is 0.102. The average molecular weight is 414 g/mol. The van der Waals surface area contributed by atoms with E-state index in [0.717, 1.165) is 16.9 Å². The fraction of sp³-hybridized carbons (Fsp3) is 0.174. The van der Waals surface area contributed by atoms with Gasteiger partial charge in [0.2, 0.25) is 0 Å². The fourth-order valence-electron chi connectivity index (χ4n) is 2.78.